The largest absolute Gasteiger partial charge is 0.472 e. The van der Waals surface area contributed by atoms with E-state index in [1.807, 2.05) is 0 Å². The van der Waals surface area contributed by atoms with Crippen molar-refractivity contribution >= 4 is 25.7 Å². The van der Waals surface area contributed by atoms with Gasteiger partial charge >= 0.3 is 25.7 Å². The Morgan fingerprint density at radius 1 is 0.392 bits per heavy atom. The summed E-state index contributed by atoms with van der Waals surface area (Å²) >= 11 is 0. The van der Waals surface area contributed by atoms with Gasteiger partial charge in [-0.1, -0.05) is 221 Å². The summed E-state index contributed by atoms with van der Waals surface area (Å²) in [5, 5.41) is 9.78. The standard InChI is InChI=1S/C62H105O11P/c1-4-7-10-13-16-19-21-23-25-27-29-31-33-35-37-40-42-45-48-51-60(64)69-55-59(57-71-74(67,68)70-56-58(54-63)72-61(65)52-49-46-43-39-18-15-12-9-6-3)73-62(66)53-50-47-44-41-38-36-34-32-30-28-26-24-22-20-17-14-11-8-5-2/h7-8,10-11,16-17,19-20,23-26,29-32,58-59,63H,4-6,9,12-15,18,21-22,27-28,33-57H2,1-3H3,(H,67,68)/b10-7-,11-8-,19-16-,20-17-,25-23-,26-24-,31-29-,32-30-. The second-order valence-corrected chi connectivity index (χ2v) is 20.5. The van der Waals surface area contributed by atoms with Gasteiger partial charge in [-0.15, -0.1) is 0 Å². The number of carbonyl (C=O) groups excluding carboxylic acids is 3. The van der Waals surface area contributed by atoms with E-state index < -0.39 is 57.8 Å². The molecule has 0 saturated carbocycles. The van der Waals surface area contributed by atoms with Crippen LogP contribution < -0.4 is 0 Å². The summed E-state index contributed by atoms with van der Waals surface area (Å²) in [5.74, 6) is -1.50. The van der Waals surface area contributed by atoms with Crippen LogP contribution in [0.3, 0.4) is 0 Å². The van der Waals surface area contributed by atoms with E-state index in [0.717, 1.165) is 148 Å². The number of hydrogen-bond acceptors (Lipinski definition) is 10. The van der Waals surface area contributed by atoms with E-state index in [-0.39, 0.29) is 25.9 Å². The maximum atomic E-state index is 12.9. The molecule has 0 aromatic carbocycles. The molecule has 0 amide bonds. The van der Waals surface area contributed by atoms with Crippen molar-refractivity contribution in [3.8, 4) is 0 Å². The van der Waals surface area contributed by atoms with Crippen LogP contribution in [0.15, 0.2) is 97.2 Å². The van der Waals surface area contributed by atoms with Crippen molar-refractivity contribution in [2.45, 2.75) is 251 Å². The Balaban J connectivity index is 4.77. The van der Waals surface area contributed by atoms with Crippen LogP contribution in [0.1, 0.15) is 239 Å². The monoisotopic (exact) mass is 1060 g/mol. The minimum absolute atomic E-state index is 0.145. The highest BCUT2D eigenvalue weighted by Gasteiger charge is 2.28. The molecule has 3 unspecified atom stereocenters. The first-order valence-electron chi connectivity index (χ1n) is 29.1. The Morgan fingerprint density at radius 3 is 1.08 bits per heavy atom. The zero-order valence-corrected chi connectivity index (χ0v) is 47.7. The van der Waals surface area contributed by atoms with Gasteiger partial charge in [0.1, 0.15) is 12.7 Å². The first-order chi connectivity index (χ1) is 36.2. The summed E-state index contributed by atoms with van der Waals surface area (Å²) in [7, 11) is -4.75. The predicted octanol–water partition coefficient (Wildman–Crippen LogP) is 17.3. The maximum absolute atomic E-state index is 12.9. The average molecular weight is 1060 g/mol. The first kappa shape index (κ1) is 70.4. The number of phosphoric acid groups is 1. The second kappa shape index (κ2) is 55.6. The number of hydrogen-bond donors (Lipinski definition) is 2. The van der Waals surface area contributed by atoms with Gasteiger partial charge in [0.15, 0.2) is 6.10 Å². The van der Waals surface area contributed by atoms with Gasteiger partial charge in [0, 0.05) is 19.3 Å². The molecule has 424 valence electrons. The van der Waals surface area contributed by atoms with E-state index in [1.165, 1.54) is 32.1 Å². The molecule has 0 heterocycles. The zero-order chi connectivity index (χ0) is 54.1. The van der Waals surface area contributed by atoms with Gasteiger partial charge in [-0.25, -0.2) is 4.57 Å². The summed E-state index contributed by atoms with van der Waals surface area (Å²) in [4.78, 5) is 48.5. The predicted molar refractivity (Wildman–Crippen MR) is 307 cm³/mol. The minimum atomic E-state index is -4.75. The number of aliphatic hydroxyl groups excluding tert-OH is 1. The number of allylic oxidation sites excluding steroid dienone is 16. The highest BCUT2D eigenvalue weighted by atomic mass is 31.2. The minimum Gasteiger partial charge on any atom is -0.462 e. The molecule has 11 nitrogen and oxygen atoms in total. The number of rotatable bonds is 53. The Bertz CT molecular complexity index is 1610. The summed E-state index contributed by atoms with van der Waals surface area (Å²) in [6.45, 7) is 4.36. The SMILES string of the molecule is CC/C=C\C/C=C\C/C=C\C/C=C\CCCCCCCCC(=O)OCC(COP(=O)(O)OCC(CO)OC(=O)CCCCCCCCCCC)OC(=O)CCCCCCCC/C=C\C/C=C\C/C=C\C/C=C\CC. The Kier molecular flexibility index (Phi) is 52.9. The van der Waals surface area contributed by atoms with Gasteiger partial charge in [-0.05, 0) is 96.3 Å². The lowest BCUT2D eigenvalue weighted by Gasteiger charge is -2.21. The van der Waals surface area contributed by atoms with Crippen LogP contribution in [-0.4, -0.2) is 66.5 Å². The highest BCUT2D eigenvalue weighted by Crippen LogP contribution is 2.43. The van der Waals surface area contributed by atoms with E-state index >= 15 is 0 Å². The van der Waals surface area contributed by atoms with Crippen molar-refractivity contribution in [3.05, 3.63) is 97.2 Å². The van der Waals surface area contributed by atoms with Crippen molar-refractivity contribution in [1.29, 1.82) is 0 Å². The Hall–Kier alpha value is -3.60. The topological polar surface area (TPSA) is 155 Å². The van der Waals surface area contributed by atoms with Crippen LogP contribution in [0.2, 0.25) is 0 Å². The highest BCUT2D eigenvalue weighted by molar-refractivity contribution is 7.47. The third-order valence-corrected chi connectivity index (χ3v) is 13.0. The lowest BCUT2D eigenvalue weighted by atomic mass is 10.1. The average Bonchev–Trinajstić information content (AvgIpc) is 3.39. The van der Waals surface area contributed by atoms with E-state index in [2.05, 4.69) is 118 Å². The number of aliphatic hydroxyl groups is 1. The molecule has 0 radical (unpaired) electrons. The lowest BCUT2D eigenvalue weighted by Crippen LogP contribution is -2.30. The van der Waals surface area contributed by atoms with Gasteiger partial charge in [0.25, 0.3) is 0 Å². The molecule has 12 heteroatoms. The van der Waals surface area contributed by atoms with Crippen LogP contribution >= 0.6 is 7.82 Å². The molecule has 0 aliphatic heterocycles. The van der Waals surface area contributed by atoms with Gasteiger partial charge in [0.05, 0.1) is 19.8 Å². The Morgan fingerprint density at radius 2 is 0.703 bits per heavy atom. The second-order valence-electron chi connectivity index (χ2n) is 19.0. The molecule has 3 atom stereocenters. The fourth-order valence-electron chi connectivity index (χ4n) is 7.63. The molecule has 0 bridgehead atoms. The number of unbranched alkanes of at least 4 members (excludes halogenated alkanes) is 20. The van der Waals surface area contributed by atoms with Crippen LogP contribution in [-0.2, 0) is 42.2 Å². The number of phosphoric ester groups is 1. The number of ether oxygens (including phenoxy) is 3. The van der Waals surface area contributed by atoms with Crippen LogP contribution in [0.5, 0.6) is 0 Å². The molecule has 0 saturated heterocycles. The molecule has 74 heavy (non-hydrogen) atoms. The maximum Gasteiger partial charge on any atom is 0.472 e. The normalized spacial score (nSPS) is 14.1. The van der Waals surface area contributed by atoms with Gasteiger partial charge in [-0.2, -0.15) is 0 Å². The molecule has 0 aromatic heterocycles. The molecule has 0 rings (SSSR count). The quantitative estimate of drug-likeness (QED) is 0.0197. The first-order valence-corrected chi connectivity index (χ1v) is 30.6. The summed E-state index contributed by atoms with van der Waals surface area (Å²) in [6, 6.07) is 0. The van der Waals surface area contributed by atoms with Crippen molar-refractivity contribution in [3.63, 3.8) is 0 Å². The van der Waals surface area contributed by atoms with Crippen LogP contribution in [0, 0.1) is 0 Å². The van der Waals surface area contributed by atoms with E-state index in [4.69, 9.17) is 23.3 Å². The Labute approximate surface area is 451 Å². The molecule has 0 spiro atoms. The molecule has 2 N–H and O–H groups in total. The van der Waals surface area contributed by atoms with E-state index in [9.17, 15) is 28.9 Å². The van der Waals surface area contributed by atoms with Crippen LogP contribution in [0.25, 0.3) is 0 Å². The fourth-order valence-corrected chi connectivity index (χ4v) is 8.42. The molecule has 0 aromatic rings. The third-order valence-electron chi connectivity index (χ3n) is 12.0. The number of carbonyl (C=O) groups is 3. The fraction of sp³-hybridized carbons (Fsp3) is 0.694. The summed E-state index contributed by atoms with van der Waals surface area (Å²) in [6.07, 6.45) is 65.1. The van der Waals surface area contributed by atoms with Crippen molar-refractivity contribution in [1.82, 2.24) is 0 Å². The zero-order valence-electron chi connectivity index (χ0n) is 46.8. The number of esters is 3. The molecule has 0 aliphatic rings. The van der Waals surface area contributed by atoms with Gasteiger partial charge < -0.3 is 24.2 Å². The smallest absolute Gasteiger partial charge is 0.462 e. The lowest BCUT2D eigenvalue weighted by molar-refractivity contribution is -0.161. The van der Waals surface area contributed by atoms with Gasteiger partial charge in [0.2, 0.25) is 0 Å². The third kappa shape index (κ3) is 53.2. The van der Waals surface area contributed by atoms with Crippen molar-refractivity contribution in [2.24, 2.45) is 0 Å². The molecular weight excluding hydrogens is 952 g/mol. The van der Waals surface area contributed by atoms with E-state index in [0.29, 0.717) is 19.3 Å². The molecule has 0 fully saturated rings. The molecule has 0 aliphatic carbocycles. The van der Waals surface area contributed by atoms with Gasteiger partial charge in [-0.3, -0.25) is 23.4 Å². The van der Waals surface area contributed by atoms with Crippen molar-refractivity contribution < 1.29 is 52.2 Å². The van der Waals surface area contributed by atoms with E-state index in [1.54, 1.807) is 0 Å². The van der Waals surface area contributed by atoms with Crippen molar-refractivity contribution in [2.75, 3.05) is 26.4 Å². The summed E-state index contributed by atoms with van der Waals surface area (Å²) < 4.78 is 39.5. The van der Waals surface area contributed by atoms with Crippen LogP contribution in [0.4, 0.5) is 0 Å². The summed E-state index contributed by atoms with van der Waals surface area (Å²) in [5.41, 5.74) is 0. The molecular formula is C62H105O11P.